The number of anilines is 1. The average Bonchev–Trinajstić information content (AvgIpc) is 2.94. The maximum atomic E-state index is 12.1. The van der Waals surface area contributed by atoms with Gasteiger partial charge in [0.2, 0.25) is 0 Å². The minimum absolute atomic E-state index is 0.0202. The summed E-state index contributed by atoms with van der Waals surface area (Å²) in [5, 5.41) is 12.3. The van der Waals surface area contributed by atoms with Crippen LogP contribution in [0.15, 0.2) is 42.1 Å². The van der Waals surface area contributed by atoms with Crippen molar-refractivity contribution in [1.82, 2.24) is 4.98 Å². The van der Waals surface area contributed by atoms with Crippen LogP contribution in [0.25, 0.3) is 6.08 Å². The van der Waals surface area contributed by atoms with Gasteiger partial charge in [0.05, 0.1) is 0 Å². The third-order valence-electron chi connectivity index (χ3n) is 2.80. The topological polar surface area (TPSA) is 68.7 Å². The molecule has 1 amide bonds. The Morgan fingerprint density at radius 1 is 1.40 bits per heavy atom. The van der Waals surface area contributed by atoms with Crippen molar-refractivity contribution >= 4 is 29.3 Å². The molecule has 2 aromatic rings. The first-order chi connectivity index (χ1) is 9.61. The molecule has 0 bridgehead atoms. The fourth-order valence-electron chi connectivity index (χ4n) is 1.67. The predicted octanol–water partition coefficient (Wildman–Crippen LogP) is 3.52. The number of aromatic amines is 1. The lowest BCUT2D eigenvalue weighted by atomic mass is 10.1. The molecule has 0 unspecified atom stereocenters. The number of hydrogen-bond donors (Lipinski definition) is 2. The summed E-state index contributed by atoms with van der Waals surface area (Å²) in [7, 11) is 0. The van der Waals surface area contributed by atoms with Crippen molar-refractivity contribution in [3.63, 3.8) is 0 Å². The molecular formula is C15H12ClN3O. The van der Waals surface area contributed by atoms with Gasteiger partial charge in [-0.1, -0.05) is 17.7 Å². The van der Waals surface area contributed by atoms with Crippen LogP contribution < -0.4 is 5.32 Å². The van der Waals surface area contributed by atoms with E-state index in [1.807, 2.05) is 6.07 Å². The van der Waals surface area contributed by atoms with Gasteiger partial charge in [-0.2, -0.15) is 5.26 Å². The molecule has 0 atom stereocenters. The Hall–Kier alpha value is -2.51. The monoisotopic (exact) mass is 285 g/mol. The number of H-pyrrole nitrogens is 1. The van der Waals surface area contributed by atoms with Crippen molar-refractivity contribution in [3.8, 4) is 6.07 Å². The molecule has 5 heteroatoms. The fraction of sp³-hybridized carbons (Fsp3) is 0.0667. The highest BCUT2D eigenvalue weighted by Crippen LogP contribution is 2.23. The van der Waals surface area contributed by atoms with Crippen LogP contribution in [0.3, 0.4) is 0 Å². The van der Waals surface area contributed by atoms with E-state index >= 15 is 0 Å². The molecule has 0 aliphatic heterocycles. The van der Waals surface area contributed by atoms with Crippen molar-refractivity contribution in [3.05, 3.63) is 58.4 Å². The maximum absolute atomic E-state index is 12.1. The number of benzene rings is 1. The number of carbonyl (C=O) groups is 1. The Kier molecular flexibility index (Phi) is 4.24. The molecule has 0 aliphatic carbocycles. The van der Waals surface area contributed by atoms with Crippen LogP contribution in [0.2, 0.25) is 5.02 Å². The van der Waals surface area contributed by atoms with Crippen molar-refractivity contribution in [2.75, 3.05) is 5.32 Å². The van der Waals surface area contributed by atoms with E-state index in [4.69, 9.17) is 16.9 Å². The highest BCUT2D eigenvalue weighted by molar-refractivity contribution is 6.31. The van der Waals surface area contributed by atoms with Crippen LogP contribution in [-0.4, -0.2) is 10.9 Å². The minimum Gasteiger partial charge on any atom is -0.362 e. The molecular weight excluding hydrogens is 274 g/mol. The second-order valence-electron chi connectivity index (χ2n) is 4.16. The van der Waals surface area contributed by atoms with Crippen LogP contribution in [0.4, 0.5) is 5.69 Å². The smallest absolute Gasteiger partial charge is 0.266 e. The lowest BCUT2D eigenvalue weighted by molar-refractivity contribution is -0.112. The molecule has 1 aromatic carbocycles. The zero-order valence-corrected chi connectivity index (χ0v) is 11.5. The molecule has 2 rings (SSSR count). The predicted molar refractivity (Wildman–Crippen MR) is 79.2 cm³/mol. The van der Waals surface area contributed by atoms with Crippen molar-refractivity contribution in [2.45, 2.75) is 6.92 Å². The number of aromatic nitrogens is 1. The first kappa shape index (κ1) is 13.9. The normalized spacial score (nSPS) is 10.9. The summed E-state index contributed by atoms with van der Waals surface area (Å²) in [4.78, 5) is 15.0. The van der Waals surface area contributed by atoms with E-state index in [1.54, 1.807) is 43.5 Å². The maximum Gasteiger partial charge on any atom is 0.266 e. The number of rotatable bonds is 3. The summed E-state index contributed by atoms with van der Waals surface area (Å²) >= 11 is 5.99. The molecule has 4 nitrogen and oxygen atoms in total. The summed E-state index contributed by atoms with van der Waals surface area (Å²) in [6, 6.07) is 10.7. The number of nitriles is 1. The van der Waals surface area contributed by atoms with E-state index in [9.17, 15) is 4.79 Å². The third kappa shape index (κ3) is 3.08. The quantitative estimate of drug-likeness (QED) is 0.669. The Morgan fingerprint density at radius 2 is 2.20 bits per heavy atom. The van der Waals surface area contributed by atoms with Crippen LogP contribution in [-0.2, 0) is 4.79 Å². The second-order valence-corrected chi connectivity index (χ2v) is 4.57. The molecule has 0 saturated carbocycles. The lowest BCUT2D eigenvalue weighted by Crippen LogP contribution is -2.14. The summed E-state index contributed by atoms with van der Waals surface area (Å²) in [6.07, 6.45) is 3.22. The first-order valence-corrected chi connectivity index (χ1v) is 6.31. The van der Waals surface area contributed by atoms with E-state index in [1.165, 1.54) is 6.08 Å². The number of amides is 1. The summed E-state index contributed by atoms with van der Waals surface area (Å²) < 4.78 is 0. The van der Waals surface area contributed by atoms with Gasteiger partial charge < -0.3 is 10.3 Å². The van der Waals surface area contributed by atoms with E-state index in [2.05, 4.69) is 10.3 Å². The van der Waals surface area contributed by atoms with E-state index in [-0.39, 0.29) is 5.57 Å². The van der Waals surface area contributed by atoms with Crippen molar-refractivity contribution < 1.29 is 4.79 Å². The molecule has 1 heterocycles. The van der Waals surface area contributed by atoms with Crippen molar-refractivity contribution in [1.29, 1.82) is 5.26 Å². The molecule has 100 valence electrons. The van der Waals surface area contributed by atoms with Crippen LogP contribution in [0.5, 0.6) is 0 Å². The minimum atomic E-state index is -0.465. The molecule has 0 aliphatic rings. The van der Waals surface area contributed by atoms with Gasteiger partial charge in [-0.15, -0.1) is 0 Å². The standard InChI is InChI=1S/C15H12ClN3O/c1-10-13(16)5-2-6-14(10)19-15(20)11(9-17)8-12-4-3-7-18-12/h2-8,18H,1H3,(H,19,20). The van der Waals surface area contributed by atoms with Gasteiger partial charge in [-0.3, -0.25) is 4.79 Å². The third-order valence-corrected chi connectivity index (χ3v) is 3.21. The van der Waals surface area contributed by atoms with Crippen LogP contribution in [0, 0.1) is 18.3 Å². The average molecular weight is 286 g/mol. The number of carbonyl (C=O) groups excluding carboxylic acids is 1. The molecule has 0 spiro atoms. The molecule has 0 fully saturated rings. The summed E-state index contributed by atoms with van der Waals surface area (Å²) in [6.45, 7) is 1.80. The van der Waals surface area contributed by atoms with Gasteiger partial charge in [-0.25, -0.2) is 0 Å². The van der Waals surface area contributed by atoms with Gasteiger partial charge in [-0.05, 0) is 42.8 Å². The highest BCUT2D eigenvalue weighted by atomic mass is 35.5. The van der Waals surface area contributed by atoms with Crippen LogP contribution >= 0.6 is 11.6 Å². The summed E-state index contributed by atoms with van der Waals surface area (Å²) in [5.41, 5.74) is 2.07. The van der Waals surface area contributed by atoms with Crippen molar-refractivity contribution in [2.24, 2.45) is 0 Å². The fourth-order valence-corrected chi connectivity index (χ4v) is 1.85. The zero-order valence-electron chi connectivity index (χ0n) is 10.8. The molecule has 0 radical (unpaired) electrons. The van der Waals surface area contributed by atoms with Gasteiger partial charge in [0, 0.05) is 22.6 Å². The Balaban J connectivity index is 2.23. The second kappa shape index (κ2) is 6.09. The SMILES string of the molecule is Cc1c(Cl)cccc1NC(=O)C(C#N)=Cc1ccc[nH]1. The van der Waals surface area contributed by atoms with E-state index < -0.39 is 5.91 Å². The Morgan fingerprint density at radius 3 is 2.85 bits per heavy atom. The largest absolute Gasteiger partial charge is 0.362 e. The Bertz CT molecular complexity index is 696. The Labute approximate surface area is 121 Å². The highest BCUT2D eigenvalue weighted by Gasteiger charge is 2.11. The number of nitrogens with zero attached hydrogens (tertiary/aromatic N) is 1. The van der Waals surface area contributed by atoms with Gasteiger partial charge >= 0.3 is 0 Å². The number of nitrogens with one attached hydrogen (secondary N) is 2. The molecule has 0 saturated heterocycles. The lowest BCUT2D eigenvalue weighted by Gasteiger charge is -2.08. The zero-order chi connectivity index (χ0) is 14.5. The van der Waals surface area contributed by atoms with E-state index in [0.29, 0.717) is 16.4 Å². The summed E-state index contributed by atoms with van der Waals surface area (Å²) in [5.74, 6) is -0.465. The van der Waals surface area contributed by atoms with Crippen LogP contribution in [0.1, 0.15) is 11.3 Å². The van der Waals surface area contributed by atoms with E-state index in [0.717, 1.165) is 5.56 Å². The molecule has 20 heavy (non-hydrogen) atoms. The number of halogens is 1. The molecule has 2 N–H and O–H groups in total. The van der Waals surface area contributed by atoms with Gasteiger partial charge in [0.25, 0.3) is 5.91 Å². The molecule has 1 aromatic heterocycles. The number of hydrogen-bond acceptors (Lipinski definition) is 2. The van der Waals surface area contributed by atoms with Gasteiger partial charge in [0.15, 0.2) is 0 Å². The first-order valence-electron chi connectivity index (χ1n) is 5.93. The van der Waals surface area contributed by atoms with Gasteiger partial charge in [0.1, 0.15) is 11.6 Å².